The van der Waals surface area contributed by atoms with Crippen LogP contribution in [0, 0.1) is 0 Å². The minimum atomic E-state index is -1.52. The lowest BCUT2D eigenvalue weighted by Gasteiger charge is -2.25. The fourth-order valence-electron chi connectivity index (χ4n) is 8.55. The monoisotopic (exact) mass is 1040 g/mol. The molecule has 74 heavy (non-hydrogen) atoms. The lowest BCUT2D eigenvalue weighted by Crippen LogP contribution is -2.40. The average molecular weight is 1040 g/mol. The number of carboxylic acid groups (broad SMARTS) is 1. The van der Waals surface area contributed by atoms with Gasteiger partial charge in [0, 0.05) is 12.8 Å². The second kappa shape index (κ2) is 55.9. The highest BCUT2D eigenvalue weighted by atomic mass is 16.7. The Kier molecular flexibility index (Phi) is 53.5. The molecule has 428 valence electrons. The lowest BCUT2D eigenvalue weighted by molar-refractivity contribution is -0.870. The highest BCUT2D eigenvalue weighted by Gasteiger charge is 2.25. The van der Waals surface area contributed by atoms with Crippen LogP contribution in [-0.4, -0.2) is 87.4 Å². The van der Waals surface area contributed by atoms with Crippen LogP contribution in [0.5, 0.6) is 0 Å². The number of ether oxygens (including phenoxy) is 4. The first-order valence-electron chi connectivity index (χ1n) is 30.6. The van der Waals surface area contributed by atoms with Crippen molar-refractivity contribution in [1.82, 2.24) is 0 Å². The zero-order valence-corrected chi connectivity index (χ0v) is 48.7. The summed E-state index contributed by atoms with van der Waals surface area (Å²) in [4.78, 5) is 37.5. The summed E-state index contributed by atoms with van der Waals surface area (Å²) in [5.74, 6) is -2.03. The molecule has 0 saturated carbocycles. The molecule has 9 nitrogen and oxygen atoms in total. The maximum atomic E-state index is 12.9. The topological polar surface area (TPSA) is 108 Å². The van der Waals surface area contributed by atoms with Crippen LogP contribution in [0.4, 0.5) is 0 Å². The summed E-state index contributed by atoms with van der Waals surface area (Å²) in [6.07, 6.45) is 69.9. The van der Waals surface area contributed by atoms with Gasteiger partial charge in [0.2, 0.25) is 0 Å². The van der Waals surface area contributed by atoms with E-state index in [-0.39, 0.29) is 32.2 Å². The average Bonchev–Trinajstić information content (AvgIpc) is 3.37. The van der Waals surface area contributed by atoms with Crippen LogP contribution >= 0.6 is 0 Å². The van der Waals surface area contributed by atoms with Crippen molar-refractivity contribution in [3.05, 3.63) is 72.9 Å². The largest absolute Gasteiger partial charge is 0.477 e. The molecule has 0 aromatic heterocycles. The van der Waals surface area contributed by atoms with Gasteiger partial charge >= 0.3 is 17.9 Å². The Labute approximate surface area is 456 Å². The highest BCUT2D eigenvalue weighted by Crippen LogP contribution is 2.17. The first-order valence-corrected chi connectivity index (χ1v) is 30.6. The van der Waals surface area contributed by atoms with Crippen LogP contribution in [0.3, 0.4) is 0 Å². The van der Waals surface area contributed by atoms with Gasteiger partial charge < -0.3 is 28.5 Å². The molecule has 0 aromatic rings. The maximum Gasteiger partial charge on any atom is 0.361 e. The summed E-state index contributed by atoms with van der Waals surface area (Å²) < 4.78 is 22.9. The van der Waals surface area contributed by atoms with Gasteiger partial charge in [-0.25, -0.2) is 4.79 Å². The van der Waals surface area contributed by atoms with Gasteiger partial charge in [0.05, 0.1) is 34.4 Å². The highest BCUT2D eigenvalue weighted by molar-refractivity contribution is 5.71. The number of carbonyl (C=O) groups is 3. The third-order valence-electron chi connectivity index (χ3n) is 13.2. The summed E-state index contributed by atoms with van der Waals surface area (Å²) in [5.41, 5.74) is 0. The van der Waals surface area contributed by atoms with E-state index in [1.54, 1.807) is 0 Å². The molecule has 0 radical (unpaired) electrons. The van der Waals surface area contributed by atoms with Gasteiger partial charge in [0.1, 0.15) is 13.2 Å². The predicted molar refractivity (Wildman–Crippen MR) is 313 cm³/mol. The van der Waals surface area contributed by atoms with Crippen molar-refractivity contribution >= 4 is 17.9 Å². The summed E-state index contributed by atoms with van der Waals surface area (Å²) >= 11 is 0. The van der Waals surface area contributed by atoms with Gasteiger partial charge in [-0.15, -0.1) is 0 Å². The standard InChI is InChI=1S/C65H115NO8/c1-6-8-10-12-14-16-18-20-22-24-26-28-30-31-32-34-35-37-39-41-43-45-47-49-51-53-55-62(67)72-59-61(60-73-65(64(69)70)71-58-57-66(3,4)5)74-63(68)56-54-52-50-48-46-44-42-40-38-36-33-29-27-25-23-21-19-17-15-13-11-9-7-2/h9,11,15,17,21,23,27,29,36,38,42,44,61,65H,6-8,10,12-14,16,18-20,22,24-26,28,30-35,37,39-41,43,45-60H2,1-5H3/p+1/b11-9-,17-15-,23-21-,29-27-,38-36-,44-42-. The van der Waals surface area contributed by atoms with Crippen molar-refractivity contribution in [3.8, 4) is 0 Å². The van der Waals surface area contributed by atoms with Crippen molar-refractivity contribution in [2.24, 2.45) is 0 Å². The molecule has 0 aromatic carbocycles. The second-order valence-corrected chi connectivity index (χ2v) is 21.6. The predicted octanol–water partition coefficient (Wildman–Crippen LogP) is 18.2. The molecule has 9 heteroatoms. The first-order chi connectivity index (χ1) is 36.1. The van der Waals surface area contributed by atoms with Crippen LogP contribution in [0.2, 0.25) is 0 Å². The third kappa shape index (κ3) is 56.5. The lowest BCUT2D eigenvalue weighted by atomic mass is 10.0. The Balaban J connectivity index is 4.24. The number of nitrogens with zero attached hydrogens (tertiary/aromatic N) is 1. The molecule has 1 N–H and O–H groups in total. The number of quaternary nitrogens is 1. The van der Waals surface area contributed by atoms with Crippen LogP contribution in [0.15, 0.2) is 72.9 Å². The van der Waals surface area contributed by atoms with Crippen LogP contribution in [-0.2, 0) is 33.3 Å². The number of unbranched alkanes of at least 4 members (excludes halogenated alkanes) is 29. The molecule has 2 unspecified atom stereocenters. The maximum absolute atomic E-state index is 12.9. The molecule has 0 spiro atoms. The summed E-state index contributed by atoms with van der Waals surface area (Å²) in [6.45, 7) is 4.76. The fourth-order valence-corrected chi connectivity index (χ4v) is 8.55. The quantitative estimate of drug-likeness (QED) is 0.0211. The van der Waals surface area contributed by atoms with E-state index in [4.69, 9.17) is 18.9 Å². The fraction of sp³-hybridized carbons (Fsp3) is 0.769. The molecule has 2 atom stereocenters. The molecule has 0 fully saturated rings. The molecule has 0 rings (SSSR count). The third-order valence-corrected chi connectivity index (χ3v) is 13.2. The van der Waals surface area contributed by atoms with E-state index in [9.17, 15) is 19.5 Å². The number of aliphatic carboxylic acids is 1. The number of esters is 2. The summed E-state index contributed by atoms with van der Waals surface area (Å²) in [5, 5.41) is 9.71. The number of rotatable bonds is 56. The normalized spacial score (nSPS) is 13.3. The smallest absolute Gasteiger partial charge is 0.361 e. The van der Waals surface area contributed by atoms with E-state index in [2.05, 4.69) is 86.8 Å². The number of hydrogen-bond donors (Lipinski definition) is 1. The Morgan fingerprint density at radius 1 is 0.419 bits per heavy atom. The van der Waals surface area contributed by atoms with E-state index in [1.807, 2.05) is 21.1 Å². The SMILES string of the molecule is CC/C=C\C/C=C\C/C=C\C/C=C\C/C=C\C/C=C\CCCCCCC(=O)OC(COC(=O)CCCCCCCCCCCCCCCCCCCCCCCCCCCC)COC(OCC[N+](C)(C)C)C(=O)O. The molecule has 0 amide bonds. The van der Waals surface area contributed by atoms with Gasteiger partial charge in [-0.1, -0.05) is 260 Å². The minimum absolute atomic E-state index is 0.180. The van der Waals surface area contributed by atoms with Crippen LogP contribution in [0.1, 0.15) is 264 Å². The Hall–Kier alpha value is -3.27. The molecular formula is C65H116NO8+. The summed E-state index contributed by atoms with van der Waals surface area (Å²) in [7, 11) is 5.96. The van der Waals surface area contributed by atoms with Gasteiger partial charge in [-0.2, -0.15) is 0 Å². The van der Waals surface area contributed by atoms with Gasteiger partial charge in [-0.3, -0.25) is 9.59 Å². The van der Waals surface area contributed by atoms with Crippen LogP contribution < -0.4 is 0 Å². The zero-order valence-electron chi connectivity index (χ0n) is 48.7. The van der Waals surface area contributed by atoms with E-state index in [0.717, 1.165) is 83.5 Å². The molecule has 0 bridgehead atoms. The molecule has 0 heterocycles. The number of carboxylic acids is 1. The Morgan fingerprint density at radius 3 is 1.15 bits per heavy atom. The molecular weight excluding hydrogens is 923 g/mol. The minimum Gasteiger partial charge on any atom is -0.477 e. The number of hydrogen-bond acceptors (Lipinski definition) is 7. The van der Waals surface area contributed by atoms with Crippen molar-refractivity contribution in [2.75, 3.05) is 47.5 Å². The Morgan fingerprint density at radius 2 is 0.770 bits per heavy atom. The van der Waals surface area contributed by atoms with Crippen LogP contribution in [0.25, 0.3) is 0 Å². The summed E-state index contributed by atoms with van der Waals surface area (Å²) in [6, 6.07) is 0. The first kappa shape index (κ1) is 70.7. The van der Waals surface area contributed by atoms with E-state index in [1.165, 1.54) is 148 Å². The number of carbonyl (C=O) groups excluding carboxylic acids is 2. The second-order valence-electron chi connectivity index (χ2n) is 21.6. The molecule has 0 saturated heterocycles. The van der Waals surface area contributed by atoms with Crippen molar-refractivity contribution in [2.45, 2.75) is 277 Å². The Bertz CT molecular complexity index is 1440. The van der Waals surface area contributed by atoms with Crippen molar-refractivity contribution < 1.29 is 42.9 Å². The molecule has 0 aliphatic carbocycles. The van der Waals surface area contributed by atoms with Crippen molar-refractivity contribution in [1.29, 1.82) is 0 Å². The van der Waals surface area contributed by atoms with Gasteiger partial charge in [0.15, 0.2) is 6.10 Å². The number of likely N-dealkylation sites (N-methyl/N-ethyl adjacent to an activating group) is 1. The number of allylic oxidation sites excluding steroid dienone is 12. The van der Waals surface area contributed by atoms with E-state index < -0.39 is 24.3 Å². The molecule has 0 aliphatic rings. The van der Waals surface area contributed by atoms with Gasteiger partial charge in [0.25, 0.3) is 6.29 Å². The van der Waals surface area contributed by atoms with E-state index >= 15 is 0 Å². The van der Waals surface area contributed by atoms with Gasteiger partial charge in [-0.05, 0) is 64.2 Å². The van der Waals surface area contributed by atoms with Crippen molar-refractivity contribution in [3.63, 3.8) is 0 Å². The zero-order chi connectivity index (χ0) is 54.1. The van der Waals surface area contributed by atoms with E-state index in [0.29, 0.717) is 23.9 Å². The molecule has 0 aliphatic heterocycles.